The average Bonchev–Trinajstić information content (AvgIpc) is 2.41. The van der Waals surface area contributed by atoms with Crippen LogP contribution >= 0.6 is 0 Å². The first kappa shape index (κ1) is 14.1. The molecule has 0 spiro atoms. The summed E-state index contributed by atoms with van der Waals surface area (Å²) in [5.74, 6) is -0.117. The van der Waals surface area contributed by atoms with Crippen LogP contribution in [0.1, 0.15) is 54.4 Å². The number of carboxylic acids is 1. The number of hydrogen-bond donors (Lipinski definition) is 2. The Balaban J connectivity index is 1.76. The highest BCUT2D eigenvalue weighted by atomic mass is 16.4. The van der Waals surface area contributed by atoms with Gasteiger partial charge in [-0.25, -0.2) is 4.79 Å². The smallest absolute Gasteiger partial charge is 0.335 e. The predicted octanol–water partition coefficient (Wildman–Crippen LogP) is 3.26. The van der Waals surface area contributed by atoms with E-state index in [1.54, 1.807) is 12.1 Å². The highest BCUT2D eigenvalue weighted by molar-refractivity contribution is 5.87. The quantitative estimate of drug-likeness (QED) is 0.856. The summed E-state index contributed by atoms with van der Waals surface area (Å²) in [6, 6.07) is 7.22. The fourth-order valence-electron chi connectivity index (χ4n) is 2.89. The van der Waals surface area contributed by atoms with Gasteiger partial charge in [0, 0.05) is 0 Å². The van der Waals surface area contributed by atoms with Crippen molar-refractivity contribution in [1.82, 2.24) is 0 Å². The van der Waals surface area contributed by atoms with Gasteiger partial charge in [0.2, 0.25) is 0 Å². The number of rotatable bonds is 5. The van der Waals surface area contributed by atoms with Crippen molar-refractivity contribution in [2.45, 2.75) is 51.0 Å². The van der Waals surface area contributed by atoms with Crippen LogP contribution < -0.4 is 0 Å². The maximum atomic E-state index is 10.9. The van der Waals surface area contributed by atoms with E-state index in [1.165, 1.54) is 6.42 Å². The zero-order valence-electron chi connectivity index (χ0n) is 11.2. The van der Waals surface area contributed by atoms with Crippen LogP contribution in [0.2, 0.25) is 0 Å². The van der Waals surface area contributed by atoms with Gasteiger partial charge in [0.05, 0.1) is 11.7 Å². The SMILES string of the molecule is O=C(O)c1cccc(CCCC2CCC(O)CC2)c1. The van der Waals surface area contributed by atoms with Crippen LogP contribution in [0.4, 0.5) is 0 Å². The van der Waals surface area contributed by atoms with Crippen molar-refractivity contribution in [3.63, 3.8) is 0 Å². The number of aliphatic hydroxyl groups is 1. The Kier molecular flexibility index (Phi) is 4.97. The van der Waals surface area contributed by atoms with Gasteiger partial charge in [0.15, 0.2) is 0 Å². The number of aromatic carboxylic acids is 1. The number of benzene rings is 1. The number of carboxylic acid groups (broad SMARTS) is 1. The van der Waals surface area contributed by atoms with Gasteiger partial charge in [-0.3, -0.25) is 0 Å². The lowest BCUT2D eigenvalue weighted by molar-refractivity contribution is 0.0696. The normalized spacial score (nSPS) is 23.2. The molecule has 3 nitrogen and oxygen atoms in total. The van der Waals surface area contributed by atoms with Crippen molar-refractivity contribution in [1.29, 1.82) is 0 Å². The molecule has 104 valence electrons. The number of carbonyl (C=O) groups is 1. The van der Waals surface area contributed by atoms with Gasteiger partial charge in [-0.05, 0) is 62.1 Å². The molecule has 0 unspecified atom stereocenters. The van der Waals surface area contributed by atoms with E-state index in [2.05, 4.69) is 0 Å². The molecule has 2 rings (SSSR count). The monoisotopic (exact) mass is 262 g/mol. The molecule has 1 aliphatic carbocycles. The molecule has 1 aromatic rings. The van der Waals surface area contributed by atoms with Crippen LogP contribution in [-0.4, -0.2) is 22.3 Å². The van der Waals surface area contributed by atoms with E-state index >= 15 is 0 Å². The van der Waals surface area contributed by atoms with Gasteiger partial charge < -0.3 is 10.2 Å². The highest BCUT2D eigenvalue weighted by Gasteiger charge is 2.18. The van der Waals surface area contributed by atoms with E-state index in [4.69, 9.17) is 5.11 Å². The van der Waals surface area contributed by atoms with Crippen molar-refractivity contribution in [3.8, 4) is 0 Å². The zero-order chi connectivity index (χ0) is 13.7. The largest absolute Gasteiger partial charge is 0.478 e. The maximum Gasteiger partial charge on any atom is 0.335 e. The van der Waals surface area contributed by atoms with E-state index in [0.29, 0.717) is 5.56 Å². The fourth-order valence-corrected chi connectivity index (χ4v) is 2.89. The zero-order valence-corrected chi connectivity index (χ0v) is 11.2. The van der Waals surface area contributed by atoms with Gasteiger partial charge in [0.25, 0.3) is 0 Å². The fraction of sp³-hybridized carbons (Fsp3) is 0.562. The van der Waals surface area contributed by atoms with Crippen LogP contribution in [-0.2, 0) is 6.42 Å². The summed E-state index contributed by atoms with van der Waals surface area (Å²) in [7, 11) is 0. The number of aryl methyl sites for hydroxylation is 1. The lowest BCUT2D eigenvalue weighted by atomic mass is 9.84. The molecular formula is C16H22O3. The molecule has 0 atom stereocenters. The van der Waals surface area contributed by atoms with Crippen molar-refractivity contribution in [3.05, 3.63) is 35.4 Å². The summed E-state index contributed by atoms with van der Waals surface area (Å²) in [4.78, 5) is 10.9. The molecule has 1 aromatic carbocycles. The van der Waals surface area contributed by atoms with E-state index in [1.807, 2.05) is 12.1 Å². The van der Waals surface area contributed by atoms with E-state index < -0.39 is 5.97 Å². The minimum Gasteiger partial charge on any atom is -0.478 e. The van der Waals surface area contributed by atoms with Crippen molar-refractivity contribution < 1.29 is 15.0 Å². The summed E-state index contributed by atoms with van der Waals surface area (Å²) in [6.45, 7) is 0. The number of aliphatic hydroxyl groups excluding tert-OH is 1. The molecule has 19 heavy (non-hydrogen) atoms. The molecule has 1 aliphatic rings. The third-order valence-electron chi connectivity index (χ3n) is 4.07. The van der Waals surface area contributed by atoms with Gasteiger partial charge in [-0.15, -0.1) is 0 Å². The Morgan fingerprint density at radius 1 is 1.21 bits per heavy atom. The topological polar surface area (TPSA) is 57.5 Å². The molecule has 0 saturated heterocycles. The Hall–Kier alpha value is -1.35. The second-order valence-electron chi connectivity index (χ2n) is 5.57. The number of hydrogen-bond acceptors (Lipinski definition) is 2. The molecule has 2 N–H and O–H groups in total. The molecule has 1 saturated carbocycles. The van der Waals surface area contributed by atoms with Gasteiger partial charge in [-0.2, -0.15) is 0 Å². The molecule has 1 fully saturated rings. The highest BCUT2D eigenvalue weighted by Crippen LogP contribution is 2.28. The summed E-state index contributed by atoms with van der Waals surface area (Å²) in [6.07, 6.45) is 7.31. The van der Waals surface area contributed by atoms with Crippen LogP contribution in [0.15, 0.2) is 24.3 Å². The molecule has 0 radical (unpaired) electrons. The third kappa shape index (κ3) is 4.35. The minimum atomic E-state index is -0.858. The summed E-state index contributed by atoms with van der Waals surface area (Å²) < 4.78 is 0. The third-order valence-corrected chi connectivity index (χ3v) is 4.07. The van der Waals surface area contributed by atoms with E-state index in [-0.39, 0.29) is 6.10 Å². The first-order chi connectivity index (χ1) is 9.15. The van der Waals surface area contributed by atoms with E-state index in [0.717, 1.165) is 50.0 Å². The van der Waals surface area contributed by atoms with Crippen molar-refractivity contribution in [2.75, 3.05) is 0 Å². The van der Waals surface area contributed by atoms with Gasteiger partial charge in [0.1, 0.15) is 0 Å². The molecule has 0 amide bonds. The Morgan fingerprint density at radius 3 is 2.63 bits per heavy atom. The molecule has 0 heterocycles. The minimum absolute atomic E-state index is 0.0801. The second kappa shape index (κ2) is 6.71. The molecular weight excluding hydrogens is 240 g/mol. The maximum absolute atomic E-state index is 10.9. The van der Waals surface area contributed by atoms with Crippen LogP contribution in [0, 0.1) is 5.92 Å². The van der Waals surface area contributed by atoms with Crippen LogP contribution in [0.25, 0.3) is 0 Å². The van der Waals surface area contributed by atoms with Gasteiger partial charge in [-0.1, -0.05) is 18.6 Å². The van der Waals surface area contributed by atoms with Gasteiger partial charge >= 0.3 is 5.97 Å². The molecule has 3 heteroatoms. The summed E-state index contributed by atoms with van der Waals surface area (Å²) in [5, 5.41) is 18.4. The molecule has 0 aliphatic heterocycles. The first-order valence-electron chi connectivity index (χ1n) is 7.15. The van der Waals surface area contributed by atoms with Crippen LogP contribution in [0.3, 0.4) is 0 Å². The Morgan fingerprint density at radius 2 is 1.95 bits per heavy atom. The second-order valence-corrected chi connectivity index (χ2v) is 5.57. The molecule has 0 aromatic heterocycles. The van der Waals surface area contributed by atoms with Crippen molar-refractivity contribution in [2.24, 2.45) is 5.92 Å². The Labute approximate surface area is 114 Å². The van der Waals surface area contributed by atoms with E-state index in [9.17, 15) is 9.90 Å². The summed E-state index contributed by atoms with van der Waals surface area (Å²) in [5.41, 5.74) is 1.48. The molecule has 0 bridgehead atoms. The standard InChI is InChI=1S/C16H22O3/c17-15-9-7-12(8-10-15)3-1-4-13-5-2-6-14(11-13)16(18)19/h2,5-6,11-12,15,17H,1,3-4,7-10H2,(H,18,19). The average molecular weight is 262 g/mol. The lowest BCUT2D eigenvalue weighted by Gasteiger charge is -2.25. The van der Waals surface area contributed by atoms with Crippen LogP contribution in [0.5, 0.6) is 0 Å². The lowest BCUT2D eigenvalue weighted by Crippen LogP contribution is -2.18. The Bertz CT molecular complexity index is 420. The predicted molar refractivity (Wildman–Crippen MR) is 74.3 cm³/mol. The first-order valence-corrected chi connectivity index (χ1v) is 7.15. The summed E-state index contributed by atoms with van der Waals surface area (Å²) >= 11 is 0. The van der Waals surface area contributed by atoms with Crippen molar-refractivity contribution >= 4 is 5.97 Å².